The molecule has 0 spiro atoms. The van der Waals surface area contributed by atoms with Gasteiger partial charge in [-0.15, -0.1) is 0 Å². The van der Waals surface area contributed by atoms with Crippen LogP contribution in [0.15, 0.2) is 54.6 Å². The highest BCUT2D eigenvalue weighted by Crippen LogP contribution is 2.25. The van der Waals surface area contributed by atoms with Crippen LogP contribution >= 0.6 is 0 Å². The SMILES string of the molecule is COc1ccccc1C#CC#CC(CC(=O)C(F)(F)F)c1ccccc1. The van der Waals surface area contributed by atoms with E-state index in [4.69, 9.17) is 4.74 Å². The first kappa shape index (κ1) is 19.1. The summed E-state index contributed by atoms with van der Waals surface area (Å²) in [5.74, 6) is 8.51. The molecule has 2 aromatic carbocycles. The summed E-state index contributed by atoms with van der Waals surface area (Å²) in [4.78, 5) is 11.3. The number of ether oxygens (including phenoxy) is 1. The van der Waals surface area contributed by atoms with Crippen molar-refractivity contribution in [1.29, 1.82) is 0 Å². The number of alkyl halides is 3. The van der Waals surface area contributed by atoms with E-state index in [2.05, 4.69) is 23.7 Å². The first-order valence-corrected chi connectivity index (χ1v) is 7.71. The van der Waals surface area contributed by atoms with Crippen LogP contribution in [0, 0.1) is 23.7 Å². The second-order valence-corrected chi connectivity index (χ2v) is 5.31. The molecule has 2 nitrogen and oxygen atoms in total. The number of para-hydroxylation sites is 1. The fourth-order valence-corrected chi connectivity index (χ4v) is 2.21. The van der Waals surface area contributed by atoms with Crippen molar-refractivity contribution in [1.82, 2.24) is 0 Å². The van der Waals surface area contributed by atoms with Crippen molar-refractivity contribution in [2.24, 2.45) is 0 Å². The smallest absolute Gasteiger partial charge is 0.450 e. The molecule has 0 aliphatic carbocycles. The predicted molar refractivity (Wildman–Crippen MR) is 92.5 cm³/mol. The maximum absolute atomic E-state index is 12.6. The van der Waals surface area contributed by atoms with Crippen LogP contribution in [-0.4, -0.2) is 19.1 Å². The fraction of sp³-hybridized carbons (Fsp3) is 0.190. The highest BCUT2D eigenvalue weighted by Gasteiger charge is 2.39. The minimum absolute atomic E-state index is 0.539. The van der Waals surface area contributed by atoms with Gasteiger partial charge in [0.25, 0.3) is 0 Å². The molecule has 0 amide bonds. The molecule has 2 rings (SSSR count). The molecule has 132 valence electrons. The summed E-state index contributed by atoms with van der Waals surface area (Å²) >= 11 is 0. The third-order valence-corrected chi connectivity index (χ3v) is 3.52. The number of benzene rings is 2. The van der Waals surface area contributed by atoms with E-state index in [1.165, 1.54) is 7.11 Å². The molecule has 0 aliphatic rings. The average molecular weight is 356 g/mol. The summed E-state index contributed by atoms with van der Waals surface area (Å²) in [7, 11) is 1.51. The second kappa shape index (κ2) is 8.78. The quantitative estimate of drug-likeness (QED) is 0.761. The summed E-state index contributed by atoms with van der Waals surface area (Å²) in [6.45, 7) is 0. The average Bonchev–Trinajstić information content (AvgIpc) is 2.64. The second-order valence-electron chi connectivity index (χ2n) is 5.31. The minimum Gasteiger partial charge on any atom is -0.495 e. The van der Waals surface area contributed by atoms with Crippen molar-refractivity contribution in [2.45, 2.75) is 18.5 Å². The molecule has 0 saturated heterocycles. The van der Waals surface area contributed by atoms with Gasteiger partial charge in [0.15, 0.2) is 0 Å². The standard InChI is InChI=1S/C21H15F3O2/c1-26-19-14-8-7-12-17(19)11-5-6-13-18(15-20(25)21(22,23)24)16-9-3-2-4-10-16/h2-4,7-10,12,14,18H,15H2,1H3. The highest BCUT2D eigenvalue weighted by atomic mass is 19.4. The monoisotopic (exact) mass is 356 g/mol. The van der Waals surface area contributed by atoms with Crippen molar-refractivity contribution < 1.29 is 22.7 Å². The zero-order valence-electron chi connectivity index (χ0n) is 13.9. The number of hydrogen-bond donors (Lipinski definition) is 0. The Kier molecular flexibility index (Phi) is 6.47. The van der Waals surface area contributed by atoms with E-state index in [1.807, 2.05) is 0 Å². The summed E-state index contributed by atoms with van der Waals surface area (Å²) in [6.07, 6.45) is -5.62. The van der Waals surface area contributed by atoms with Crippen LogP contribution in [0.3, 0.4) is 0 Å². The normalized spacial score (nSPS) is 11.4. The van der Waals surface area contributed by atoms with Gasteiger partial charge in [0.1, 0.15) is 5.75 Å². The Morgan fingerprint density at radius 1 is 1.04 bits per heavy atom. The minimum atomic E-state index is -4.88. The van der Waals surface area contributed by atoms with Crippen LogP contribution in [-0.2, 0) is 4.79 Å². The van der Waals surface area contributed by atoms with Gasteiger partial charge in [-0.05, 0) is 35.5 Å². The van der Waals surface area contributed by atoms with E-state index in [1.54, 1.807) is 54.6 Å². The molecule has 0 bridgehead atoms. The van der Waals surface area contributed by atoms with Crippen molar-refractivity contribution in [3.05, 3.63) is 65.7 Å². The molecule has 0 fully saturated rings. The number of ketones is 1. The molecule has 26 heavy (non-hydrogen) atoms. The zero-order chi connectivity index (χ0) is 19.0. The summed E-state index contributed by atoms with van der Waals surface area (Å²) in [5, 5.41) is 0. The van der Waals surface area contributed by atoms with E-state index in [0.29, 0.717) is 16.9 Å². The van der Waals surface area contributed by atoms with Crippen LogP contribution < -0.4 is 4.74 Å². The number of Topliss-reactive ketones (excluding diaryl/α,β-unsaturated/α-hetero) is 1. The lowest BCUT2D eigenvalue weighted by molar-refractivity contribution is -0.171. The van der Waals surface area contributed by atoms with Crippen LogP contribution in [0.25, 0.3) is 0 Å². The van der Waals surface area contributed by atoms with E-state index in [0.717, 1.165) is 0 Å². The maximum Gasteiger partial charge on any atom is 0.450 e. The Balaban J connectivity index is 2.25. The van der Waals surface area contributed by atoms with Gasteiger partial charge < -0.3 is 4.74 Å². The van der Waals surface area contributed by atoms with Crippen molar-refractivity contribution in [2.75, 3.05) is 7.11 Å². The molecular weight excluding hydrogens is 341 g/mol. The lowest BCUT2D eigenvalue weighted by atomic mass is 9.94. The van der Waals surface area contributed by atoms with Crippen LogP contribution in [0.4, 0.5) is 13.2 Å². The molecule has 0 heterocycles. The third-order valence-electron chi connectivity index (χ3n) is 3.52. The predicted octanol–water partition coefficient (Wildman–Crippen LogP) is 4.36. The van der Waals surface area contributed by atoms with Crippen LogP contribution in [0.2, 0.25) is 0 Å². The molecule has 0 radical (unpaired) electrons. The zero-order valence-corrected chi connectivity index (χ0v) is 13.9. The number of hydrogen-bond acceptors (Lipinski definition) is 2. The highest BCUT2D eigenvalue weighted by molar-refractivity contribution is 5.85. The van der Waals surface area contributed by atoms with E-state index < -0.39 is 24.3 Å². The maximum atomic E-state index is 12.6. The van der Waals surface area contributed by atoms with Crippen LogP contribution in [0.5, 0.6) is 5.75 Å². The van der Waals surface area contributed by atoms with E-state index >= 15 is 0 Å². The number of halogens is 3. The van der Waals surface area contributed by atoms with Gasteiger partial charge in [0.05, 0.1) is 18.6 Å². The van der Waals surface area contributed by atoms with Crippen molar-refractivity contribution in [3.8, 4) is 29.4 Å². The Morgan fingerprint density at radius 3 is 2.35 bits per heavy atom. The van der Waals surface area contributed by atoms with Crippen LogP contribution in [0.1, 0.15) is 23.5 Å². The van der Waals surface area contributed by atoms with Gasteiger partial charge in [-0.1, -0.05) is 48.4 Å². The third kappa shape index (κ3) is 5.43. The first-order chi connectivity index (χ1) is 12.4. The number of carbonyl (C=O) groups excluding carboxylic acids is 1. The van der Waals surface area contributed by atoms with Gasteiger partial charge in [-0.2, -0.15) is 13.2 Å². The number of carbonyl (C=O) groups is 1. The molecule has 0 aliphatic heterocycles. The van der Waals surface area contributed by atoms with Gasteiger partial charge in [0.2, 0.25) is 5.78 Å². The van der Waals surface area contributed by atoms with Crippen molar-refractivity contribution in [3.63, 3.8) is 0 Å². The Morgan fingerprint density at radius 2 is 1.69 bits per heavy atom. The molecule has 0 N–H and O–H groups in total. The van der Waals surface area contributed by atoms with E-state index in [9.17, 15) is 18.0 Å². The molecular formula is C21H15F3O2. The molecule has 1 atom stereocenters. The lowest BCUT2D eigenvalue weighted by Gasteiger charge is -2.11. The summed E-state index contributed by atoms with van der Waals surface area (Å²) in [5.41, 5.74) is 1.16. The summed E-state index contributed by atoms with van der Waals surface area (Å²) in [6, 6.07) is 15.4. The fourth-order valence-electron chi connectivity index (χ4n) is 2.21. The topological polar surface area (TPSA) is 26.3 Å². The number of rotatable bonds is 4. The Bertz CT molecular complexity index is 878. The first-order valence-electron chi connectivity index (χ1n) is 7.71. The van der Waals surface area contributed by atoms with Gasteiger partial charge in [-0.3, -0.25) is 4.79 Å². The molecule has 0 saturated carbocycles. The van der Waals surface area contributed by atoms with Gasteiger partial charge >= 0.3 is 6.18 Å². The number of methoxy groups -OCH3 is 1. The molecule has 0 aromatic heterocycles. The summed E-state index contributed by atoms with van der Waals surface area (Å²) < 4.78 is 42.9. The van der Waals surface area contributed by atoms with E-state index in [-0.39, 0.29) is 0 Å². The Labute approximate surface area is 150 Å². The largest absolute Gasteiger partial charge is 0.495 e. The van der Waals surface area contributed by atoms with Gasteiger partial charge in [-0.25, -0.2) is 0 Å². The Hall–Kier alpha value is -3.18. The molecule has 1 unspecified atom stereocenters. The van der Waals surface area contributed by atoms with Crippen molar-refractivity contribution >= 4 is 5.78 Å². The van der Waals surface area contributed by atoms with Gasteiger partial charge in [0, 0.05) is 6.42 Å². The lowest BCUT2D eigenvalue weighted by Crippen LogP contribution is -2.24. The molecule has 2 aromatic rings. The molecule has 5 heteroatoms.